The zero-order valence-corrected chi connectivity index (χ0v) is 10.9. The summed E-state index contributed by atoms with van der Waals surface area (Å²) in [6.07, 6.45) is -0.928. The predicted molar refractivity (Wildman–Crippen MR) is 65.0 cm³/mol. The smallest absolute Gasteiger partial charge is 0.308 e. The van der Waals surface area contributed by atoms with Gasteiger partial charge < -0.3 is 25.2 Å². The Labute approximate surface area is 107 Å². The SMILES string of the molecule is CCOC(=O)CC(O)CNCC(=O)NCCOC. The minimum absolute atomic E-state index is 0.0772. The first-order chi connectivity index (χ1) is 8.60. The number of nitrogens with one attached hydrogen (secondary N) is 2. The summed E-state index contributed by atoms with van der Waals surface area (Å²) in [4.78, 5) is 22.2. The average Bonchev–Trinajstić information content (AvgIpc) is 2.29. The van der Waals surface area contributed by atoms with Crippen LogP contribution in [0.25, 0.3) is 0 Å². The van der Waals surface area contributed by atoms with Crippen LogP contribution in [0.4, 0.5) is 0 Å². The van der Waals surface area contributed by atoms with Crippen LogP contribution in [0.5, 0.6) is 0 Å². The van der Waals surface area contributed by atoms with E-state index in [2.05, 4.69) is 15.4 Å². The summed E-state index contributed by atoms with van der Waals surface area (Å²) >= 11 is 0. The zero-order valence-electron chi connectivity index (χ0n) is 10.9. The number of aliphatic hydroxyl groups excluding tert-OH is 1. The Morgan fingerprint density at radius 3 is 2.72 bits per heavy atom. The van der Waals surface area contributed by atoms with Gasteiger partial charge in [-0.1, -0.05) is 0 Å². The van der Waals surface area contributed by atoms with Gasteiger partial charge in [0.15, 0.2) is 0 Å². The first kappa shape index (κ1) is 16.8. The highest BCUT2D eigenvalue weighted by Crippen LogP contribution is 1.93. The van der Waals surface area contributed by atoms with E-state index in [9.17, 15) is 14.7 Å². The average molecular weight is 262 g/mol. The molecule has 0 saturated carbocycles. The Balaban J connectivity index is 3.52. The number of ether oxygens (including phenoxy) is 2. The van der Waals surface area contributed by atoms with Crippen LogP contribution in [-0.4, -0.2) is 63.0 Å². The number of carbonyl (C=O) groups excluding carboxylic acids is 2. The summed E-state index contributed by atoms with van der Waals surface area (Å²) < 4.78 is 9.46. The number of rotatable bonds is 10. The fraction of sp³-hybridized carbons (Fsp3) is 0.818. The summed E-state index contributed by atoms with van der Waals surface area (Å²) in [7, 11) is 1.55. The van der Waals surface area contributed by atoms with Crippen molar-refractivity contribution in [1.82, 2.24) is 10.6 Å². The standard InChI is InChI=1S/C11H22N2O5/c1-3-18-11(16)6-9(14)7-12-8-10(15)13-4-5-17-2/h9,12,14H,3-8H2,1-2H3,(H,13,15). The summed E-state index contributed by atoms with van der Waals surface area (Å²) in [5.41, 5.74) is 0. The van der Waals surface area contributed by atoms with Crippen molar-refractivity contribution < 1.29 is 24.2 Å². The van der Waals surface area contributed by atoms with E-state index >= 15 is 0 Å². The molecule has 7 heteroatoms. The lowest BCUT2D eigenvalue weighted by Gasteiger charge is -2.11. The Morgan fingerprint density at radius 2 is 2.11 bits per heavy atom. The molecular weight excluding hydrogens is 240 g/mol. The molecule has 0 aromatic carbocycles. The Hall–Kier alpha value is -1.18. The molecule has 0 aliphatic rings. The monoisotopic (exact) mass is 262 g/mol. The molecule has 7 nitrogen and oxygen atoms in total. The van der Waals surface area contributed by atoms with E-state index in [1.807, 2.05) is 0 Å². The summed E-state index contributed by atoms with van der Waals surface area (Å²) in [5.74, 6) is -0.633. The van der Waals surface area contributed by atoms with Gasteiger partial charge >= 0.3 is 5.97 Å². The maximum atomic E-state index is 11.2. The van der Waals surface area contributed by atoms with Crippen molar-refractivity contribution in [2.75, 3.05) is 40.0 Å². The van der Waals surface area contributed by atoms with Gasteiger partial charge in [0, 0.05) is 20.2 Å². The van der Waals surface area contributed by atoms with Gasteiger partial charge in [-0.3, -0.25) is 9.59 Å². The molecule has 0 aliphatic carbocycles. The molecule has 1 atom stereocenters. The van der Waals surface area contributed by atoms with Crippen molar-refractivity contribution in [3.05, 3.63) is 0 Å². The van der Waals surface area contributed by atoms with Crippen molar-refractivity contribution in [1.29, 1.82) is 0 Å². The first-order valence-corrected chi connectivity index (χ1v) is 5.90. The van der Waals surface area contributed by atoms with Crippen molar-refractivity contribution >= 4 is 11.9 Å². The molecule has 0 bridgehead atoms. The van der Waals surface area contributed by atoms with E-state index in [0.717, 1.165) is 0 Å². The van der Waals surface area contributed by atoms with Crippen LogP contribution in [0.2, 0.25) is 0 Å². The number of hydrogen-bond donors (Lipinski definition) is 3. The highest BCUT2D eigenvalue weighted by atomic mass is 16.5. The Morgan fingerprint density at radius 1 is 1.39 bits per heavy atom. The molecule has 1 amide bonds. The van der Waals surface area contributed by atoms with Crippen LogP contribution >= 0.6 is 0 Å². The van der Waals surface area contributed by atoms with Crippen molar-refractivity contribution in [2.45, 2.75) is 19.4 Å². The highest BCUT2D eigenvalue weighted by molar-refractivity contribution is 5.77. The molecule has 3 N–H and O–H groups in total. The van der Waals surface area contributed by atoms with Crippen LogP contribution in [0.15, 0.2) is 0 Å². The number of hydrogen-bond acceptors (Lipinski definition) is 6. The van der Waals surface area contributed by atoms with Gasteiger partial charge in [0.05, 0.1) is 32.3 Å². The Kier molecular flexibility index (Phi) is 10.2. The highest BCUT2D eigenvalue weighted by Gasteiger charge is 2.11. The third-order valence-electron chi connectivity index (χ3n) is 2.00. The van der Waals surface area contributed by atoms with E-state index in [1.54, 1.807) is 14.0 Å². The Bertz CT molecular complexity index is 248. The third-order valence-corrected chi connectivity index (χ3v) is 2.00. The van der Waals surface area contributed by atoms with E-state index in [1.165, 1.54) is 0 Å². The van der Waals surface area contributed by atoms with Gasteiger partial charge in [0.25, 0.3) is 0 Å². The third kappa shape index (κ3) is 10.0. The molecule has 0 aromatic rings. The molecular formula is C11H22N2O5. The van der Waals surface area contributed by atoms with Crippen LogP contribution in [0.3, 0.4) is 0 Å². The largest absolute Gasteiger partial charge is 0.466 e. The van der Waals surface area contributed by atoms with Gasteiger partial charge in [0.2, 0.25) is 5.91 Å². The predicted octanol–water partition coefficient (Wildman–Crippen LogP) is -1.35. The van der Waals surface area contributed by atoms with Crippen LogP contribution in [0, 0.1) is 0 Å². The maximum Gasteiger partial charge on any atom is 0.308 e. The van der Waals surface area contributed by atoms with Crippen LogP contribution in [-0.2, 0) is 19.1 Å². The van der Waals surface area contributed by atoms with E-state index < -0.39 is 12.1 Å². The minimum atomic E-state index is -0.851. The molecule has 0 radical (unpaired) electrons. The van der Waals surface area contributed by atoms with E-state index in [4.69, 9.17) is 4.74 Å². The lowest BCUT2D eigenvalue weighted by atomic mass is 10.2. The number of methoxy groups -OCH3 is 1. The summed E-state index contributed by atoms with van der Waals surface area (Å²) in [6, 6.07) is 0. The fourth-order valence-corrected chi connectivity index (χ4v) is 1.19. The van der Waals surface area contributed by atoms with Crippen LogP contribution < -0.4 is 10.6 Å². The number of esters is 1. The lowest BCUT2D eigenvalue weighted by Crippen LogP contribution is -2.38. The number of aliphatic hydroxyl groups is 1. The minimum Gasteiger partial charge on any atom is -0.466 e. The quantitative estimate of drug-likeness (QED) is 0.333. The molecule has 0 fully saturated rings. The second-order valence-electron chi connectivity index (χ2n) is 3.64. The van der Waals surface area contributed by atoms with Crippen molar-refractivity contribution in [2.24, 2.45) is 0 Å². The van der Waals surface area contributed by atoms with Gasteiger partial charge in [-0.2, -0.15) is 0 Å². The van der Waals surface area contributed by atoms with Gasteiger partial charge in [-0.25, -0.2) is 0 Å². The molecule has 0 aromatic heterocycles. The number of carbonyl (C=O) groups is 2. The first-order valence-electron chi connectivity index (χ1n) is 5.90. The topological polar surface area (TPSA) is 96.9 Å². The van der Waals surface area contributed by atoms with Crippen molar-refractivity contribution in [3.8, 4) is 0 Å². The zero-order chi connectivity index (χ0) is 13.8. The van der Waals surface area contributed by atoms with E-state index in [-0.39, 0.29) is 25.4 Å². The van der Waals surface area contributed by atoms with Crippen molar-refractivity contribution in [3.63, 3.8) is 0 Å². The maximum absolute atomic E-state index is 11.2. The fourth-order valence-electron chi connectivity index (χ4n) is 1.19. The molecule has 0 spiro atoms. The molecule has 0 saturated heterocycles. The molecule has 0 rings (SSSR count). The van der Waals surface area contributed by atoms with E-state index in [0.29, 0.717) is 19.8 Å². The molecule has 106 valence electrons. The lowest BCUT2D eigenvalue weighted by molar-refractivity contribution is -0.145. The molecule has 0 aliphatic heterocycles. The molecule has 1 unspecified atom stereocenters. The van der Waals surface area contributed by atoms with Gasteiger partial charge in [-0.15, -0.1) is 0 Å². The normalized spacial score (nSPS) is 11.9. The second-order valence-corrected chi connectivity index (χ2v) is 3.64. The number of amides is 1. The molecule has 0 heterocycles. The van der Waals surface area contributed by atoms with Crippen LogP contribution in [0.1, 0.15) is 13.3 Å². The van der Waals surface area contributed by atoms with Gasteiger partial charge in [0.1, 0.15) is 0 Å². The van der Waals surface area contributed by atoms with Gasteiger partial charge in [-0.05, 0) is 6.92 Å². The molecule has 18 heavy (non-hydrogen) atoms. The summed E-state index contributed by atoms with van der Waals surface area (Å²) in [5, 5.41) is 14.8. The summed E-state index contributed by atoms with van der Waals surface area (Å²) in [6.45, 7) is 3.15. The second kappa shape index (κ2) is 10.9.